The predicted molar refractivity (Wildman–Crippen MR) is 61.2 cm³/mol. The fourth-order valence-electron chi connectivity index (χ4n) is 1.99. The number of nitrogens with one attached hydrogen (secondary N) is 1. The molecule has 2 nitrogen and oxygen atoms in total. The van der Waals surface area contributed by atoms with Crippen LogP contribution in [0.4, 0.5) is 0 Å². The van der Waals surface area contributed by atoms with E-state index in [0.717, 1.165) is 6.04 Å². The van der Waals surface area contributed by atoms with Crippen LogP contribution >= 0.6 is 11.8 Å². The highest BCUT2D eigenvalue weighted by atomic mass is 32.2. The highest BCUT2D eigenvalue weighted by Crippen LogP contribution is 2.17. The maximum Gasteiger partial charge on any atom is 0.0132 e. The number of thioether (sulfide) groups is 1. The van der Waals surface area contributed by atoms with E-state index < -0.39 is 0 Å². The van der Waals surface area contributed by atoms with E-state index in [2.05, 4.69) is 18.5 Å². The maximum atomic E-state index is 5.85. The first-order valence-corrected chi connectivity index (χ1v) is 6.62. The zero-order valence-corrected chi connectivity index (χ0v) is 9.57. The first-order valence-electron chi connectivity index (χ1n) is 5.23. The van der Waals surface area contributed by atoms with Gasteiger partial charge in [-0.2, -0.15) is 11.8 Å². The summed E-state index contributed by atoms with van der Waals surface area (Å²) in [6, 6.07) is 1.84. The minimum absolute atomic E-state index is 0.467. The van der Waals surface area contributed by atoms with E-state index in [4.69, 9.17) is 5.73 Å². The average molecular weight is 202 g/mol. The van der Waals surface area contributed by atoms with Crippen LogP contribution in [0.15, 0.2) is 0 Å². The van der Waals surface area contributed by atoms with Crippen LogP contribution in [-0.4, -0.2) is 30.1 Å². The molecule has 0 aromatic heterocycles. The molecule has 0 amide bonds. The van der Waals surface area contributed by atoms with Gasteiger partial charge in [0.05, 0.1) is 0 Å². The molecule has 0 aliphatic heterocycles. The second-order valence-corrected chi connectivity index (χ2v) is 5.05. The van der Waals surface area contributed by atoms with Gasteiger partial charge < -0.3 is 11.1 Å². The Labute approximate surface area is 86.0 Å². The summed E-state index contributed by atoms with van der Waals surface area (Å²) in [5, 5.41) is 3.66. The molecule has 3 heteroatoms. The zero-order valence-electron chi connectivity index (χ0n) is 8.75. The van der Waals surface area contributed by atoms with Crippen molar-refractivity contribution in [2.75, 3.05) is 12.0 Å². The summed E-state index contributed by atoms with van der Waals surface area (Å²) < 4.78 is 0. The summed E-state index contributed by atoms with van der Waals surface area (Å²) in [5.41, 5.74) is 5.85. The lowest BCUT2D eigenvalue weighted by molar-refractivity contribution is 0.327. The summed E-state index contributed by atoms with van der Waals surface area (Å²) in [4.78, 5) is 0. The van der Waals surface area contributed by atoms with E-state index >= 15 is 0 Å². The molecule has 1 atom stereocenters. The molecule has 13 heavy (non-hydrogen) atoms. The number of rotatable bonds is 4. The molecule has 0 aromatic rings. The second-order valence-electron chi connectivity index (χ2n) is 4.13. The standard InChI is InChI=1S/C10H22N2S/c1-8(7-13-2)12-10-5-3-9(11)4-6-10/h8-10,12H,3-7,11H2,1-2H3. The van der Waals surface area contributed by atoms with Crippen LogP contribution in [0, 0.1) is 0 Å². The van der Waals surface area contributed by atoms with Crippen molar-refractivity contribution in [3.05, 3.63) is 0 Å². The summed E-state index contributed by atoms with van der Waals surface area (Å²) in [6.45, 7) is 2.27. The van der Waals surface area contributed by atoms with Gasteiger partial charge in [0.15, 0.2) is 0 Å². The molecule has 3 N–H and O–H groups in total. The van der Waals surface area contributed by atoms with Gasteiger partial charge in [0.1, 0.15) is 0 Å². The second kappa shape index (κ2) is 5.89. The lowest BCUT2D eigenvalue weighted by Gasteiger charge is -2.29. The molecule has 1 aliphatic carbocycles. The first-order chi connectivity index (χ1) is 6.22. The fraction of sp³-hybridized carbons (Fsp3) is 1.00. The third-order valence-electron chi connectivity index (χ3n) is 2.71. The lowest BCUT2D eigenvalue weighted by atomic mass is 9.91. The highest BCUT2D eigenvalue weighted by Gasteiger charge is 2.19. The Hall–Kier alpha value is 0.270. The van der Waals surface area contributed by atoms with Gasteiger partial charge in [-0.15, -0.1) is 0 Å². The van der Waals surface area contributed by atoms with Gasteiger partial charge in [-0.1, -0.05) is 0 Å². The molecule has 0 radical (unpaired) electrons. The van der Waals surface area contributed by atoms with E-state index in [1.165, 1.54) is 31.4 Å². The fourth-order valence-corrected chi connectivity index (χ4v) is 2.58. The Balaban J connectivity index is 2.14. The van der Waals surface area contributed by atoms with Gasteiger partial charge in [0.2, 0.25) is 0 Å². The van der Waals surface area contributed by atoms with E-state index in [0.29, 0.717) is 12.1 Å². The molecule has 0 aromatic carbocycles. The topological polar surface area (TPSA) is 38.0 Å². The Kier molecular flexibility index (Phi) is 5.14. The van der Waals surface area contributed by atoms with Gasteiger partial charge in [-0.25, -0.2) is 0 Å². The first kappa shape index (κ1) is 11.3. The third-order valence-corrected chi connectivity index (χ3v) is 3.54. The normalized spacial score (nSPS) is 31.6. The average Bonchev–Trinajstić information content (AvgIpc) is 2.09. The molecule has 1 saturated carbocycles. The van der Waals surface area contributed by atoms with Gasteiger partial charge in [-0.05, 0) is 38.9 Å². The van der Waals surface area contributed by atoms with Crippen LogP contribution in [0.25, 0.3) is 0 Å². The van der Waals surface area contributed by atoms with Crippen LogP contribution in [0.1, 0.15) is 32.6 Å². The predicted octanol–water partition coefficient (Wildman–Crippen LogP) is 1.60. The molecule has 78 valence electrons. The van der Waals surface area contributed by atoms with Gasteiger partial charge >= 0.3 is 0 Å². The molecule has 1 unspecified atom stereocenters. The summed E-state index contributed by atoms with van der Waals surface area (Å²) >= 11 is 1.91. The van der Waals surface area contributed by atoms with Crippen molar-refractivity contribution in [1.82, 2.24) is 5.32 Å². The van der Waals surface area contributed by atoms with Crippen molar-refractivity contribution in [3.63, 3.8) is 0 Å². The monoisotopic (exact) mass is 202 g/mol. The van der Waals surface area contributed by atoms with Crippen molar-refractivity contribution in [2.24, 2.45) is 5.73 Å². The van der Waals surface area contributed by atoms with Crippen molar-refractivity contribution < 1.29 is 0 Å². The number of nitrogens with two attached hydrogens (primary N) is 1. The quantitative estimate of drug-likeness (QED) is 0.727. The Morgan fingerprint density at radius 2 is 2.00 bits per heavy atom. The number of hydrogen-bond acceptors (Lipinski definition) is 3. The van der Waals surface area contributed by atoms with Crippen molar-refractivity contribution in [2.45, 2.75) is 50.7 Å². The molecule has 1 rings (SSSR count). The molecule has 0 saturated heterocycles. The third kappa shape index (κ3) is 4.34. The lowest BCUT2D eigenvalue weighted by Crippen LogP contribution is -2.42. The molecule has 1 fully saturated rings. The van der Waals surface area contributed by atoms with E-state index in [-0.39, 0.29) is 0 Å². The van der Waals surface area contributed by atoms with Gasteiger partial charge in [0, 0.05) is 23.9 Å². The summed E-state index contributed by atoms with van der Waals surface area (Å²) in [6.07, 6.45) is 7.09. The number of hydrogen-bond donors (Lipinski definition) is 2. The van der Waals surface area contributed by atoms with Crippen LogP contribution in [0.5, 0.6) is 0 Å². The van der Waals surface area contributed by atoms with E-state index in [9.17, 15) is 0 Å². The Morgan fingerprint density at radius 3 is 2.54 bits per heavy atom. The van der Waals surface area contributed by atoms with Crippen LogP contribution in [-0.2, 0) is 0 Å². The SMILES string of the molecule is CSCC(C)NC1CCC(N)CC1. The van der Waals surface area contributed by atoms with Gasteiger partial charge in [-0.3, -0.25) is 0 Å². The molecular formula is C10H22N2S. The molecule has 0 spiro atoms. The molecule has 0 bridgehead atoms. The minimum atomic E-state index is 0.467. The Bertz CT molecular complexity index is 133. The van der Waals surface area contributed by atoms with Crippen LogP contribution in [0.3, 0.4) is 0 Å². The van der Waals surface area contributed by atoms with Crippen LogP contribution < -0.4 is 11.1 Å². The van der Waals surface area contributed by atoms with Crippen molar-refractivity contribution in [1.29, 1.82) is 0 Å². The van der Waals surface area contributed by atoms with Crippen molar-refractivity contribution >= 4 is 11.8 Å². The summed E-state index contributed by atoms with van der Waals surface area (Å²) in [7, 11) is 0. The largest absolute Gasteiger partial charge is 0.328 e. The molecule has 1 aliphatic rings. The summed E-state index contributed by atoms with van der Waals surface area (Å²) in [5.74, 6) is 1.21. The maximum absolute atomic E-state index is 5.85. The smallest absolute Gasteiger partial charge is 0.0132 e. The minimum Gasteiger partial charge on any atom is -0.328 e. The highest BCUT2D eigenvalue weighted by molar-refractivity contribution is 7.98. The van der Waals surface area contributed by atoms with E-state index in [1.54, 1.807) is 0 Å². The van der Waals surface area contributed by atoms with Crippen molar-refractivity contribution in [3.8, 4) is 0 Å². The molecule has 0 heterocycles. The van der Waals surface area contributed by atoms with Crippen LogP contribution in [0.2, 0.25) is 0 Å². The zero-order chi connectivity index (χ0) is 9.68. The van der Waals surface area contributed by atoms with E-state index in [1.807, 2.05) is 11.8 Å². The van der Waals surface area contributed by atoms with Gasteiger partial charge in [0.25, 0.3) is 0 Å². The molecular weight excluding hydrogens is 180 g/mol. The Morgan fingerprint density at radius 1 is 1.38 bits per heavy atom.